The Balaban J connectivity index is 0. The fraction of sp³-hybridized carbons (Fsp3) is 0. The minimum atomic E-state index is 0. The molecule has 0 unspecified atom stereocenters. The van der Waals surface area contributed by atoms with Crippen molar-refractivity contribution in [2.24, 2.45) is 0 Å². The number of hydrogen-bond acceptors (Lipinski definition) is 0. The minimum Gasteiger partial charge on any atom is -0.107 e. The fourth-order valence-corrected chi connectivity index (χ4v) is 0. The van der Waals surface area contributed by atoms with Crippen molar-refractivity contribution in [3.05, 3.63) is 0 Å². The van der Waals surface area contributed by atoms with E-state index >= 15 is 0 Å². The Hall–Kier alpha value is 4.51. The first kappa shape index (κ1) is 23.6. The van der Waals surface area contributed by atoms with Gasteiger partial charge >= 0.3 is 0 Å². The first-order valence-electron chi connectivity index (χ1n) is 0. The minimum absolute atomic E-state index is 0. The summed E-state index contributed by atoms with van der Waals surface area (Å²) in [5, 5.41) is 0. The molecule has 0 amide bonds. The predicted octanol–water partition coefficient (Wildman–Crippen LogP) is -0.524. The summed E-state index contributed by atoms with van der Waals surface area (Å²) in [5.74, 6) is 0. The van der Waals surface area contributed by atoms with Gasteiger partial charge in [0.05, 0.1) is 0 Å². The third kappa shape index (κ3) is 9.72. The van der Waals surface area contributed by atoms with E-state index in [0.717, 1.165) is 0 Å². The summed E-state index contributed by atoms with van der Waals surface area (Å²) in [6.45, 7) is 0. The van der Waals surface area contributed by atoms with Crippen molar-refractivity contribution in [3.8, 4) is 0 Å². The van der Waals surface area contributed by atoms with Gasteiger partial charge in [0.15, 0.2) is 0 Å². The fourth-order valence-electron chi connectivity index (χ4n) is 0. The summed E-state index contributed by atoms with van der Waals surface area (Å²) in [6.07, 6.45) is 0. The van der Waals surface area contributed by atoms with Crippen LogP contribution in [-0.2, 0) is 0 Å². The Kier molecular flexibility index (Phi) is 92.3. The molecular weight excluding hydrogens is 247 g/mol. The molecule has 0 aromatic carbocycles. The molecule has 6 radical (unpaired) electrons. The summed E-state index contributed by atoms with van der Waals surface area (Å²) in [6, 6.07) is 0. The SMILES string of the molecule is I.[Ca].[Ca].[Ca]. The molecule has 0 saturated heterocycles. The summed E-state index contributed by atoms with van der Waals surface area (Å²) in [4.78, 5) is 0. The Morgan fingerprint density at radius 2 is 0.500 bits per heavy atom. The molecule has 0 aliphatic heterocycles. The molecule has 0 aromatic heterocycles. The van der Waals surface area contributed by atoms with E-state index in [2.05, 4.69) is 0 Å². The van der Waals surface area contributed by atoms with Gasteiger partial charge in [-0.1, -0.05) is 0 Å². The van der Waals surface area contributed by atoms with Gasteiger partial charge in [0.25, 0.3) is 0 Å². The van der Waals surface area contributed by atoms with Crippen molar-refractivity contribution < 1.29 is 0 Å². The second-order valence-electron chi connectivity index (χ2n) is 0. The second kappa shape index (κ2) is 15.6. The number of hydrogen-bond donors (Lipinski definition) is 0. The number of halogens is 1. The zero-order chi connectivity index (χ0) is 0. The van der Waals surface area contributed by atoms with E-state index in [1.54, 1.807) is 0 Å². The van der Waals surface area contributed by atoms with Crippen LogP contribution in [0.2, 0.25) is 0 Å². The van der Waals surface area contributed by atoms with Gasteiger partial charge in [0.1, 0.15) is 0 Å². The molecule has 0 spiro atoms. The van der Waals surface area contributed by atoms with Crippen LogP contribution in [0.3, 0.4) is 0 Å². The Morgan fingerprint density at radius 1 is 0.500 bits per heavy atom. The summed E-state index contributed by atoms with van der Waals surface area (Å²) >= 11 is 0. The first-order chi connectivity index (χ1) is 0. The molecule has 0 atom stereocenters. The monoisotopic (exact) mass is 248 g/mol. The van der Waals surface area contributed by atoms with Crippen LogP contribution in [-0.4, -0.2) is 113 Å². The largest absolute Gasteiger partial charge is 0.107 e. The third-order valence-electron chi connectivity index (χ3n) is 0. The number of rotatable bonds is 0. The van der Waals surface area contributed by atoms with Gasteiger partial charge in [0, 0.05) is 113 Å². The van der Waals surface area contributed by atoms with Crippen LogP contribution < -0.4 is 0 Å². The molecule has 4 heavy (non-hydrogen) atoms. The van der Waals surface area contributed by atoms with Crippen LogP contribution in [0.4, 0.5) is 0 Å². The van der Waals surface area contributed by atoms with Crippen LogP contribution in [0.25, 0.3) is 0 Å². The molecule has 0 bridgehead atoms. The van der Waals surface area contributed by atoms with E-state index in [-0.39, 0.29) is 137 Å². The maximum absolute atomic E-state index is 0. The van der Waals surface area contributed by atoms with Crippen LogP contribution >= 0.6 is 24.0 Å². The molecule has 0 fully saturated rings. The van der Waals surface area contributed by atoms with E-state index in [4.69, 9.17) is 0 Å². The predicted molar refractivity (Wildman–Crippen MR) is 32.7 cm³/mol. The third-order valence-corrected chi connectivity index (χ3v) is 0. The average Bonchev–Trinajstić information content (AvgIpc) is 0. The van der Waals surface area contributed by atoms with Crippen molar-refractivity contribution in [1.82, 2.24) is 0 Å². The molecule has 0 N–H and O–H groups in total. The van der Waals surface area contributed by atoms with Gasteiger partial charge in [-0.05, 0) is 0 Å². The van der Waals surface area contributed by atoms with Crippen LogP contribution in [0.1, 0.15) is 0 Å². The van der Waals surface area contributed by atoms with Crippen LogP contribution in [0.15, 0.2) is 0 Å². The normalized spacial score (nSPS) is 0. The quantitative estimate of drug-likeness (QED) is 0.399. The standard InChI is InChI=1S/3Ca.HI/h;;;1H. The van der Waals surface area contributed by atoms with E-state index < -0.39 is 0 Å². The van der Waals surface area contributed by atoms with Gasteiger partial charge in [-0.25, -0.2) is 0 Å². The van der Waals surface area contributed by atoms with E-state index in [1.165, 1.54) is 0 Å². The first-order valence-corrected chi connectivity index (χ1v) is 0. The zero-order valence-electron chi connectivity index (χ0n) is 2.53. The van der Waals surface area contributed by atoms with Gasteiger partial charge < -0.3 is 0 Å². The van der Waals surface area contributed by atoms with Crippen molar-refractivity contribution in [2.45, 2.75) is 0 Å². The van der Waals surface area contributed by atoms with Crippen molar-refractivity contribution in [1.29, 1.82) is 0 Å². The summed E-state index contributed by atoms with van der Waals surface area (Å²) in [5.41, 5.74) is 0. The maximum atomic E-state index is 0. The van der Waals surface area contributed by atoms with Gasteiger partial charge in [-0.3, -0.25) is 0 Å². The Labute approximate surface area is 133 Å². The van der Waals surface area contributed by atoms with Crippen LogP contribution in [0, 0.1) is 0 Å². The summed E-state index contributed by atoms with van der Waals surface area (Å²) < 4.78 is 0. The van der Waals surface area contributed by atoms with Gasteiger partial charge in [-0.2, -0.15) is 0 Å². The van der Waals surface area contributed by atoms with E-state index in [0.29, 0.717) is 0 Å². The molecule has 0 aliphatic carbocycles. The van der Waals surface area contributed by atoms with Crippen LogP contribution in [0.5, 0.6) is 0 Å². The van der Waals surface area contributed by atoms with Gasteiger partial charge in [-0.15, -0.1) is 24.0 Å². The Bertz CT molecular complexity index is 3.25. The van der Waals surface area contributed by atoms with E-state index in [9.17, 15) is 0 Å². The zero-order valence-corrected chi connectivity index (χ0v) is 11.5. The van der Waals surface area contributed by atoms with Crippen molar-refractivity contribution in [2.75, 3.05) is 0 Å². The molecule has 0 aliphatic rings. The van der Waals surface area contributed by atoms with Crippen molar-refractivity contribution >= 4 is 137 Å². The average molecular weight is 248 g/mol. The summed E-state index contributed by atoms with van der Waals surface area (Å²) in [7, 11) is 0. The van der Waals surface area contributed by atoms with Crippen molar-refractivity contribution in [3.63, 3.8) is 0 Å². The molecule has 0 nitrogen and oxygen atoms in total. The molecule has 14 valence electrons. The smallest absolute Gasteiger partial charge is 0 e. The van der Waals surface area contributed by atoms with E-state index in [1.807, 2.05) is 0 Å². The maximum Gasteiger partial charge on any atom is 0 e. The molecule has 0 rings (SSSR count). The second-order valence-corrected chi connectivity index (χ2v) is 0. The molecule has 4 heteroatoms. The molecule has 0 saturated carbocycles. The topological polar surface area (TPSA) is 0 Å². The van der Waals surface area contributed by atoms with Gasteiger partial charge in [0.2, 0.25) is 0 Å². The molecular formula is HCa3I. The Morgan fingerprint density at radius 3 is 0.500 bits per heavy atom. The molecule has 0 heterocycles. The molecule has 0 aromatic rings.